The Labute approximate surface area is 89.6 Å². The van der Waals surface area contributed by atoms with Crippen molar-refractivity contribution in [2.24, 2.45) is 5.73 Å². The van der Waals surface area contributed by atoms with Gasteiger partial charge in [0.05, 0.1) is 13.2 Å². The second kappa shape index (κ2) is 3.67. The number of aromatic nitrogens is 1. The molecule has 0 aliphatic carbocycles. The fourth-order valence-corrected chi connectivity index (χ4v) is 1.84. The highest BCUT2D eigenvalue weighted by molar-refractivity contribution is 9.10. The predicted molar refractivity (Wildman–Crippen MR) is 53.5 cm³/mol. The van der Waals surface area contributed by atoms with Crippen molar-refractivity contribution in [1.29, 1.82) is 0 Å². The Morgan fingerprint density at radius 2 is 2.43 bits per heavy atom. The Kier molecular flexibility index (Phi) is 2.52. The van der Waals surface area contributed by atoms with Gasteiger partial charge in [-0.2, -0.15) is 0 Å². The lowest BCUT2D eigenvalue weighted by atomic mass is 10.0. The van der Waals surface area contributed by atoms with Gasteiger partial charge < -0.3 is 10.5 Å². The maximum absolute atomic E-state index is 11.1. The van der Waals surface area contributed by atoms with Gasteiger partial charge in [0.15, 0.2) is 0 Å². The minimum Gasteiger partial charge on any atom is -0.376 e. The van der Waals surface area contributed by atoms with Crippen LogP contribution in [-0.4, -0.2) is 17.5 Å². The Morgan fingerprint density at radius 1 is 1.64 bits per heavy atom. The van der Waals surface area contributed by atoms with Gasteiger partial charge in [-0.3, -0.25) is 4.79 Å². The van der Waals surface area contributed by atoms with Gasteiger partial charge in [0, 0.05) is 17.1 Å². The van der Waals surface area contributed by atoms with Crippen LogP contribution in [0.15, 0.2) is 10.7 Å². The number of carbonyl (C=O) groups is 1. The van der Waals surface area contributed by atoms with Gasteiger partial charge in [-0.1, -0.05) is 0 Å². The zero-order chi connectivity index (χ0) is 10.1. The molecule has 73 valence electrons. The maximum atomic E-state index is 11.1. The average Bonchev–Trinajstić information content (AvgIpc) is 2.18. The summed E-state index contributed by atoms with van der Waals surface area (Å²) >= 11 is 3.35. The molecular formula is C9H8BrN2O2. The van der Waals surface area contributed by atoms with Gasteiger partial charge >= 0.3 is 0 Å². The summed E-state index contributed by atoms with van der Waals surface area (Å²) in [4.78, 5) is 15.1. The monoisotopic (exact) mass is 255 g/mol. The number of halogens is 1. The van der Waals surface area contributed by atoms with Crippen LogP contribution in [0, 0.1) is 6.42 Å². The van der Waals surface area contributed by atoms with Crippen molar-refractivity contribution in [3.63, 3.8) is 0 Å². The molecule has 4 nitrogen and oxygen atoms in total. The summed E-state index contributed by atoms with van der Waals surface area (Å²) in [7, 11) is 0. The molecule has 0 unspecified atom stereocenters. The highest BCUT2D eigenvalue weighted by Gasteiger charge is 2.20. The molecule has 2 N–H and O–H groups in total. The standard InChI is InChI=1S/C9H8BrN2O2/c10-7-3-12-8(9(11)13)5-1-2-14-4-6(5)7/h1,3H,2,4H2,(H2,11,13). The molecule has 0 saturated carbocycles. The fraction of sp³-hybridized carbons (Fsp3) is 0.222. The zero-order valence-corrected chi connectivity index (χ0v) is 8.87. The normalized spacial score (nSPS) is 14.9. The van der Waals surface area contributed by atoms with Crippen LogP contribution in [0.3, 0.4) is 0 Å². The summed E-state index contributed by atoms with van der Waals surface area (Å²) in [5.74, 6) is -0.508. The fourth-order valence-electron chi connectivity index (χ4n) is 1.41. The number of hydrogen-bond donors (Lipinski definition) is 1. The lowest BCUT2D eigenvalue weighted by molar-refractivity contribution is 0.0991. The van der Waals surface area contributed by atoms with Crippen molar-refractivity contribution in [1.82, 2.24) is 4.98 Å². The van der Waals surface area contributed by atoms with Crippen LogP contribution < -0.4 is 5.73 Å². The second-order valence-electron chi connectivity index (χ2n) is 2.93. The van der Waals surface area contributed by atoms with Gasteiger partial charge in [-0.25, -0.2) is 4.98 Å². The summed E-state index contributed by atoms with van der Waals surface area (Å²) in [6, 6.07) is 0. The van der Waals surface area contributed by atoms with Gasteiger partial charge in [-0.05, 0) is 27.1 Å². The van der Waals surface area contributed by atoms with Gasteiger partial charge in [0.1, 0.15) is 5.69 Å². The molecule has 0 bridgehead atoms. The largest absolute Gasteiger partial charge is 0.376 e. The van der Waals surface area contributed by atoms with Crippen LogP contribution in [0.4, 0.5) is 0 Å². The average molecular weight is 256 g/mol. The Hall–Kier alpha value is -0.940. The Morgan fingerprint density at radius 3 is 3.14 bits per heavy atom. The third-order valence-corrected chi connectivity index (χ3v) is 2.74. The first-order valence-corrected chi connectivity index (χ1v) is 4.87. The number of carbonyl (C=O) groups excluding carboxylic acids is 1. The van der Waals surface area contributed by atoms with Gasteiger partial charge in [-0.15, -0.1) is 0 Å². The number of amides is 1. The molecular weight excluding hydrogens is 248 g/mol. The summed E-state index contributed by atoms with van der Waals surface area (Å²) in [5, 5.41) is 0. The summed E-state index contributed by atoms with van der Waals surface area (Å²) in [6.07, 6.45) is 3.39. The van der Waals surface area contributed by atoms with E-state index < -0.39 is 5.91 Å². The Bertz CT molecular complexity index is 393. The van der Waals surface area contributed by atoms with Crippen LogP contribution in [0.5, 0.6) is 0 Å². The van der Waals surface area contributed by atoms with Crippen molar-refractivity contribution >= 4 is 21.8 Å². The van der Waals surface area contributed by atoms with Crippen LogP contribution >= 0.6 is 15.9 Å². The Balaban J connectivity index is 2.59. The number of primary amides is 1. The summed E-state index contributed by atoms with van der Waals surface area (Å²) < 4.78 is 6.09. The van der Waals surface area contributed by atoms with E-state index in [4.69, 9.17) is 10.5 Å². The molecule has 0 atom stereocenters. The highest BCUT2D eigenvalue weighted by Crippen LogP contribution is 2.27. The molecule has 1 aliphatic rings. The third kappa shape index (κ3) is 1.53. The van der Waals surface area contributed by atoms with E-state index in [-0.39, 0.29) is 0 Å². The van der Waals surface area contributed by atoms with E-state index in [1.807, 2.05) is 6.42 Å². The number of ether oxygens (including phenoxy) is 1. The van der Waals surface area contributed by atoms with E-state index in [2.05, 4.69) is 20.9 Å². The van der Waals surface area contributed by atoms with E-state index >= 15 is 0 Å². The predicted octanol–water partition coefficient (Wildman–Crippen LogP) is 1.03. The quantitative estimate of drug-likeness (QED) is 0.815. The number of nitrogens with two attached hydrogens (primary N) is 1. The highest BCUT2D eigenvalue weighted by atomic mass is 79.9. The molecule has 2 rings (SSSR count). The third-order valence-electron chi connectivity index (χ3n) is 2.06. The molecule has 1 aliphatic heterocycles. The lowest BCUT2D eigenvalue weighted by Crippen LogP contribution is -2.20. The number of rotatable bonds is 1. The van der Waals surface area contributed by atoms with Crippen molar-refractivity contribution in [3.05, 3.63) is 33.9 Å². The van der Waals surface area contributed by atoms with E-state index in [1.54, 1.807) is 6.20 Å². The molecule has 5 heteroatoms. The molecule has 1 radical (unpaired) electrons. The topological polar surface area (TPSA) is 65.2 Å². The van der Waals surface area contributed by atoms with Crippen LogP contribution in [0.1, 0.15) is 21.6 Å². The first-order chi connectivity index (χ1) is 6.70. The molecule has 1 aromatic heterocycles. The van der Waals surface area contributed by atoms with E-state index in [9.17, 15) is 4.79 Å². The number of pyridine rings is 1. The first kappa shape index (κ1) is 9.61. The van der Waals surface area contributed by atoms with Gasteiger partial charge in [0.25, 0.3) is 5.91 Å². The van der Waals surface area contributed by atoms with E-state index in [0.717, 1.165) is 15.6 Å². The van der Waals surface area contributed by atoms with Gasteiger partial charge in [0.2, 0.25) is 0 Å². The van der Waals surface area contributed by atoms with Crippen LogP contribution in [0.2, 0.25) is 0 Å². The molecule has 0 spiro atoms. The molecule has 0 fully saturated rings. The lowest BCUT2D eigenvalue weighted by Gasteiger charge is -2.18. The smallest absolute Gasteiger partial charge is 0.267 e. The van der Waals surface area contributed by atoms with Crippen LogP contribution in [-0.2, 0) is 11.3 Å². The maximum Gasteiger partial charge on any atom is 0.267 e. The SMILES string of the molecule is NC(=O)c1ncc(Br)c2c1[CH]COC2. The van der Waals surface area contributed by atoms with Crippen molar-refractivity contribution in [3.8, 4) is 0 Å². The van der Waals surface area contributed by atoms with E-state index in [0.29, 0.717) is 18.9 Å². The number of fused-ring (bicyclic) bond motifs is 1. The molecule has 1 aromatic rings. The number of nitrogens with zero attached hydrogens (tertiary/aromatic N) is 1. The minimum absolute atomic E-state index is 0.312. The van der Waals surface area contributed by atoms with E-state index in [1.165, 1.54) is 0 Å². The van der Waals surface area contributed by atoms with Crippen LogP contribution in [0.25, 0.3) is 0 Å². The molecule has 2 heterocycles. The van der Waals surface area contributed by atoms with Crippen molar-refractivity contribution in [2.45, 2.75) is 6.61 Å². The summed E-state index contributed by atoms with van der Waals surface area (Å²) in [5.41, 5.74) is 7.24. The van der Waals surface area contributed by atoms with Crippen molar-refractivity contribution < 1.29 is 9.53 Å². The summed E-state index contributed by atoms with van der Waals surface area (Å²) in [6.45, 7) is 0.973. The molecule has 0 saturated heterocycles. The van der Waals surface area contributed by atoms with Crippen molar-refractivity contribution in [2.75, 3.05) is 6.61 Å². The number of hydrogen-bond acceptors (Lipinski definition) is 3. The zero-order valence-electron chi connectivity index (χ0n) is 7.29. The molecule has 0 aromatic carbocycles. The molecule has 14 heavy (non-hydrogen) atoms. The minimum atomic E-state index is -0.508. The molecule has 1 amide bonds. The first-order valence-electron chi connectivity index (χ1n) is 4.08. The second-order valence-corrected chi connectivity index (χ2v) is 3.78.